The van der Waals surface area contributed by atoms with Crippen molar-refractivity contribution in [2.75, 3.05) is 26.9 Å². The Morgan fingerprint density at radius 2 is 1.49 bits per heavy atom. The molecule has 0 unspecified atom stereocenters. The van der Waals surface area contributed by atoms with Gasteiger partial charge in [0.2, 0.25) is 0 Å². The van der Waals surface area contributed by atoms with Crippen LogP contribution >= 0.6 is 0 Å². The zero-order valence-corrected chi connectivity index (χ0v) is 34.5. The summed E-state index contributed by atoms with van der Waals surface area (Å²) in [6, 6.07) is 0. The van der Waals surface area contributed by atoms with Gasteiger partial charge in [0.25, 0.3) is 0 Å². The Bertz CT molecular complexity index is 1530. The van der Waals surface area contributed by atoms with Crippen LogP contribution in [0.3, 0.4) is 0 Å². The Hall–Kier alpha value is -1.39. The van der Waals surface area contributed by atoms with Gasteiger partial charge in [-0.15, -0.1) is 0 Å². The van der Waals surface area contributed by atoms with E-state index in [0.717, 1.165) is 63.4 Å². The van der Waals surface area contributed by atoms with Crippen LogP contribution in [0.2, 0.25) is 0 Å². The minimum absolute atomic E-state index is 0.0268. The number of hydrogen-bond donors (Lipinski definition) is 8. The van der Waals surface area contributed by atoms with Gasteiger partial charge in [0.15, 0.2) is 18.9 Å². The summed E-state index contributed by atoms with van der Waals surface area (Å²) in [5.74, 6) is 0.957. The molecule has 336 valence electrons. The Labute approximate surface area is 344 Å². The number of hydrogen-bond acceptors (Lipinski definition) is 17. The zero-order valence-electron chi connectivity index (χ0n) is 34.5. The highest BCUT2D eigenvalue weighted by Crippen LogP contribution is 2.70. The normalized spacial score (nSPS) is 53.9. The number of ether oxygens (including phenoxy) is 8. The maximum absolute atomic E-state index is 12.6. The Balaban J connectivity index is 0.857. The van der Waals surface area contributed by atoms with Gasteiger partial charge in [0.1, 0.15) is 61.5 Å². The number of fused-ring (bicyclic) bond motifs is 5. The SMILES string of the molecule is CO[C@@H]1C[C@H](O[C@H]2CC[C@@]3(C)[C@H](CC[C@@H]4[C@@H]3CC[C@]3(C)[C@@H](C5=CC(=O)OC5)CC[C@]43O)C2)O[C@@H](C)[C@@H]1O[C@@H]1O[C@H](CO[C@@H]2O[C@H](CO)[C@@H](O)[C@H](O)[C@H]2O)[C@@H](O)[C@H](O)[C@H]1O. The van der Waals surface area contributed by atoms with Gasteiger partial charge in [-0.05, 0) is 99.4 Å². The summed E-state index contributed by atoms with van der Waals surface area (Å²) in [6.45, 7) is 5.69. The van der Waals surface area contributed by atoms with Crippen molar-refractivity contribution in [1.82, 2.24) is 0 Å². The second-order valence-electron chi connectivity index (χ2n) is 19.3. The molecule has 17 heteroatoms. The molecule has 0 aromatic rings. The Kier molecular flexibility index (Phi) is 12.7. The number of carbonyl (C=O) groups excluding carboxylic acids is 1. The third kappa shape index (κ3) is 7.64. The lowest BCUT2D eigenvalue weighted by molar-refractivity contribution is -0.355. The number of esters is 1. The number of aliphatic hydroxyl groups excluding tert-OH is 7. The molecule has 0 radical (unpaired) electrons. The van der Waals surface area contributed by atoms with Crippen molar-refractivity contribution < 1.29 is 83.5 Å². The molecule has 4 aliphatic carbocycles. The van der Waals surface area contributed by atoms with E-state index in [4.69, 9.17) is 37.9 Å². The summed E-state index contributed by atoms with van der Waals surface area (Å²) in [6.07, 6.45) is -7.54. The van der Waals surface area contributed by atoms with Gasteiger partial charge >= 0.3 is 5.97 Å². The lowest BCUT2D eigenvalue weighted by Crippen LogP contribution is -2.63. The molecule has 4 heterocycles. The quantitative estimate of drug-likeness (QED) is 0.105. The molecule has 8 rings (SSSR count). The van der Waals surface area contributed by atoms with Crippen LogP contribution in [0.5, 0.6) is 0 Å². The van der Waals surface area contributed by atoms with Gasteiger partial charge in [-0.3, -0.25) is 0 Å². The van der Waals surface area contributed by atoms with Crippen molar-refractivity contribution in [3.63, 3.8) is 0 Å². The summed E-state index contributed by atoms with van der Waals surface area (Å²) in [7, 11) is 1.54. The van der Waals surface area contributed by atoms with Gasteiger partial charge in [-0.25, -0.2) is 4.79 Å². The Morgan fingerprint density at radius 1 is 0.780 bits per heavy atom. The molecule has 3 saturated heterocycles. The number of rotatable bonds is 10. The van der Waals surface area contributed by atoms with E-state index in [1.165, 1.54) is 0 Å². The molecule has 0 amide bonds. The van der Waals surface area contributed by atoms with E-state index in [0.29, 0.717) is 24.9 Å². The van der Waals surface area contributed by atoms with E-state index in [9.17, 15) is 45.6 Å². The summed E-state index contributed by atoms with van der Waals surface area (Å²) < 4.78 is 47.2. The predicted molar refractivity (Wildman–Crippen MR) is 202 cm³/mol. The molecule has 0 bridgehead atoms. The highest BCUT2D eigenvalue weighted by atomic mass is 16.8. The molecule has 7 fully saturated rings. The minimum Gasteiger partial charge on any atom is -0.458 e. The van der Waals surface area contributed by atoms with Crippen molar-refractivity contribution in [2.45, 2.75) is 183 Å². The highest BCUT2D eigenvalue weighted by molar-refractivity contribution is 5.85. The first-order valence-electron chi connectivity index (χ1n) is 21.7. The van der Waals surface area contributed by atoms with E-state index in [1.54, 1.807) is 20.1 Å². The third-order valence-electron chi connectivity index (χ3n) is 16.4. The first-order valence-corrected chi connectivity index (χ1v) is 21.7. The van der Waals surface area contributed by atoms with Crippen molar-refractivity contribution in [2.24, 2.45) is 34.5 Å². The highest BCUT2D eigenvalue weighted by Gasteiger charge is 2.68. The first-order chi connectivity index (χ1) is 28.0. The van der Waals surface area contributed by atoms with Crippen LogP contribution in [0.4, 0.5) is 0 Å². The van der Waals surface area contributed by atoms with Gasteiger partial charge in [0.05, 0.1) is 37.1 Å². The van der Waals surface area contributed by atoms with Gasteiger partial charge in [0, 0.05) is 25.0 Å². The van der Waals surface area contributed by atoms with Crippen LogP contribution < -0.4 is 0 Å². The fourth-order valence-electron chi connectivity index (χ4n) is 12.9. The molecule has 4 saturated carbocycles. The maximum atomic E-state index is 12.6. The molecule has 0 aromatic carbocycles. The van der Waals surface area contributed by atoms with E-state index in [-0.39, 0.29) is 34.7 Å². The van der Waals surface area contributed by atoms with Crippen LogP contribution in [0.25, 0.3) is 0 Å². The largest absolute Gasteiger partial charge is 0.458 e. The molecule has 17 nitrogen and oxygen atoms in total. The first kappa shape index (κ1) is 44.2. The third-order valence-corrected chi connectivity index (χ3v) is 16.4. The van der Waals surface area contributed by atoms with Crippen molar-refractivity contribution >= 4 is 5.97 Å². The van der Waals surface area contributed by atoms with E-state index in [1.807, 2.05) is 0 Å². The molecule has 22 atom stereocenters. The number of methoxy groups -OCH3 is 1. The van der Waals surface area contributed by atoms with E-state index >= 15 is 0 Å². The number of cyclic esters (lactones) is 1. The average molecular weight is 843 g/mol. The van der Waals surface area contributed by atoms with Crippen LogP contribution in [-0.2, 0) is 42.7 Å². The summed E-state index contributed by atoms with van der Waals surface area (Å²) >= 11 is 0. The summed E-state index contributed by atoms with van der Waals surface area (Å²) in [5.41, 5.74) is 0.0761. The monoisotopic (exact) mass is 842 g/mol. The number of aliphatic hydroxyl groups is 8. The van der Waals surface area contributed by atoms with Crippen LogP contribution in [0.15, 0.2) is 11.6 Å². The maximum Gasteiger partial charge on any atom is 0.331 e. The molecule has 0 aromatic heterocycles. The summed E-state index contributed by atoms with van der Waals surface area (Å²) in [4.78, 5) is 12.0. The van der Waals surface area contributed by atoms with Crippen molar-refractivity contribution in [3.8, 4) is 0 Å². The van der Waals surface area contributed by atoms with E-state index in [2.05, 4.69) is 13.8 Å². The molecule has 0 spiro atoms. The molecule has 8 N–H and O–H groups in total. The molecular weight excluding hydrogens is 776 g/mol. The average Bonchev–Trinajstić information content (AvgIpc) is 3.77. The molecule has 4 aliphatic heterocycles. The van der Waals surface area contributed by atoms with E-state index < -0.39 is 105 Å². The fourth-order valence-corrected chi connectivity index (χ4v) is 12.9. The summed E-state index contributed by atoms with van der Waals surface area (Å²) in [5, 5.41) is 85.0. The topological polar surface area (TPSA) is 253 Å². The second-order valence-corrected chi connectivity index (χ2v) is 19.3. The van der Waals surface area contributed by atoms with Gasteiger partial charge in [-0.1, -0.05) is 13.8 Å². The lowest BCUT2D eigenvalue weighted by atomic mass is 9.43. The second kappa shape index (κ2) is 17.0. The van der Waals surface area contributed by atoms with Crippen LogP contribution in [0.1, 0.15) is 85.0 Å². The van der Waals surface area contributed by atoms with Crippen LogP contribution in [-0.4, -0.2) is 171 Å². The molecule has 8 aliphatic rings. The van der Waals surface area contributed by atoms with Crippen molar-refractivity contribution in [3.05, 3.63) is 11.6 Å². The molecule has 59 heavy (non-hydrogen) atoms. The van der Waals surface area contributed by atoms with Crippen LogP contribution in [0, 0.1) is 34.5 Å². The van der Waals surface area contributed by atoms with Gasteiger partial charge in [-0.2, -0.15) is 0 Å². The minimum atomic E-state index is -1.70. The predicted octanol–water partition coefficient (Wildman–Crippen LogP) is -0.212. The van der Waals surface area contributed by atoms with Crippen molar-refractivity contribution in [1.29, 1.82) is 0 Å². The fraction of sp³-hybridized carbons (Fsp3) is 0.929. The molecular formula is C42H66O17. The zero-order chi connectivity index (χ0) is 42.2. The smallest absolute Gasteiger partial charge is 0.331 e. The lowest BCUT2D eigenvalue weighted by Gasteiger charge is -2.64. The van der Waals surface area contributed by atoms with Gasteiger partial charge < -0.3 is 78.7 Å². The number of carbonyl (C=O) groups is 1. The standard InChI is InChI=1S/C42H66O17/c1-19-37(59-39-36(50)34(48)32(46)28(58-39)18-54-38-35(49)33(47)31(45)27(16-43)57-38)26(52-4)15-30(55-19)56-22-7-10-40(2)21(14-22)5-6-25-24(40)8-11-41(3)23(9-12-42(25,41)51)20-13-29(44)53-17-20/h13,19,21-28,30-39,43,45-51H,5-12,14-18H2,1-4H3/t19-,21+,22-,23+,24-,25+,26+,27+,28+,30-,31+,32+,33-,34-,35+,36+,37-,38+,39-,40-,41+,42-/m0/s1. The Morgan fingerprint density at radius 3 is 2.19 bits per heavy atom.